The SMILES string of the molecule is O=C(O)NCC(c1ccc(F)cc1F)N1C(=O)c2ccccc2C1=O. The molecule has 0 aliphatic carbocycles. The average Bonchev–Trinajstić information content (AvgIpc) is 2.82. The number of carbonyl (C=O) groups excluding carboxylic acids is 2. The van der Waals surface area contributed by atoms with Crippen molar-refractivity contribution in [1.82, 2.24) is 10.2 Å². The van der Waals surface area contributed by atoms with Crippen LogP contribution in [-0.2, 0) is 0 Å². The smallest absolute Gasteiger partial charge is 0.404 e. The van der Waals surface area contributed by atoms with Gasteiger partial charge >= 0.3 is 6.09 Å². The van der Waals surface area contributed by atoms with Crippen molar-refractivity contribution in [1.29, 1.82) is 0 Å². The number of hydrogen-bond acceptors (Lipinski definition) is 3. The molecule has 0 fully saturated rings. The molecule has 0 aromatic heterocycles. The van der Waals surface area contributed by atoms with E-state index in [0.717, 1.165) is 17.0 Å². The zero-order chi connectivity index (χ0) is 18.1. The molecule has 0 radical (unpaired) electrons. The van der Waals surface area contributed by atoms with Crippen molar-refractivity contribution < 1.29 is 28.3 Å². The lowest BCUT2D eigenvalue weighted by Gasteiger charge is -2.26. The minimum absolute atomic E-state index is 0.148. The van der Waals surface area contributed by atoms with Crippen LogP contribution in [-0.4, -0.2) is 34.5 Å². The zero-order valence-electron chi connectivity index (χ0n) is 12.7. The second kappa shape index (κ2) is 6.31. The van der Waals surface area contributed by atoms with Gasteiger partial charge in [-0.05, 0) is 18.2 Å². The van der Waals surface area contributed by atoms with Gasteiger partial charge in [0.25, 0.3) is 11.8 Å². The van der Waals surface area contributed by atoms with Gasteiger partial charge in [0.2, 0.25) is 0 Å². The quantitative estimate of drug-likeness (QED) is 0.833. The minimum Gasteiger partial charge on any atom is -0.465 e. The number of imide groups is 1. The number of fused-ring (bicyclic) bond motifs is 1. The van der Waals surface area contributed by atoms with Gasteiger partial charge in [-0.1, -0.05) is 18.2 Å². The summed E-state index contributed by atoms with van der Waals surface area (Å²) in [6.45, 7) is -0.427. The Bertz CT molecular complexity index is 850. The molecule has 1 heterocycles. The standard InChI is InChI=1S/C17H12F2N2O4/c18-9-5-6-12(13(19)7-9)14(8-20-17(24)25)21-15(22)10-3-1-2-4-11(10)16(21)23/h1-7,14,20H,8H2,(H,24,25). The normalized spacial score (nSPS) is 14.4. The molecule has 1 unspecified atom stereocenters. The number of nitrogens with zero attached hydrogens (tertiary/aromatic N) is 1. The highest BCUT2D eigenvalue weighted by atomic mass is 19.1. The molecule has 6 nitrogen and oxygen atoms in total. The van der Waals surface area contributed by atoms with Gasteiger partial charge in [-0.25, -0.2) is 13.6 Å². The fourth-order valence-electron chi connectivity index (χ4n) is 2.79. The first-order chi connectivity index (χ1) is 11.9. The Morgan fingerprint density at radius 1 is 1.08 bits per heavy atom. The minimum atomic E-state index is -1.40. The molecular weight excluding hydrogens is 334 g/mol. The molecule has 1 atom stereocenters. The molecule has 0 spiro atoms. The third-order valence-corrected chi connectivity index (χ3v) is 3.91. The number of nitrogens with one attached hydrogen (secondary N) is 1. The number of hydrogen-bond donors (Lipinski definition) is 2. The third-order valence-electron chi connectivity index (χ3n) is 3.91. The van der Waals surface area contributed by atoms with Gasteiger partial charge in [-0.2, -0.15) is 0 Å². The van der Waals surface area contributed by atoms with Gasteiger partial charge in [-0.3, -0.25) is 14.5 Å². The first-order valence-corrected chi connectivity index (χ1v) is 7.29. The zero-order valence-corrected chi connectivity index (χ0v) is 12.7. The van der Waals surface area contributed by atoms with E-state index in [1.807, 2.05) is 5.32 Å². The van der Waals surface area contributed by atoms with Crippen LogP contribution in [0.15, 0.2) is 42.5 Å². The van der Waals surface area contributed by atoms with Crippen LogP contribution in [0.4, 0.5) is 13.6 Å². The maximum atomic E-state index is 14.2. The summed E-state index contributed by atoms with van der Waals surface area (Å²) < 4.78 is 27.4. The Kier molecular flexibility index (Phi) is 4.18. The van der Waals surface area contributed by atoms with Crippen molar-refractivity contribution >= 4 is 17.9 Å². The van der Waals surface area contributed by atoms with Crippen LogP contribution < -0.4 is 5.32 Å². The third kappa shape index (κ3) is 2.93. The monoisotopic (exact) mass is 346 g/mol. The lowest BCUT2D eigenvalue weighted by atomic mass is 10.0. The summed E-state index contributed by atoms with van der Waals surface area (Å²) in [7, 11) is 0. The van der Waals surface area contributed by atoms with Crippen molar-refractivity contribution in [2.24, 2.45) is 0 Å². The number of halogens is 2. The summed E-state index contributed by atoms with van der Waals surface area (Å²) >= 11 is 0. The molecular formula is C17H12F2N2O4. The molecule has 3 amide bonds. The summed E-state index contributed by atoms with van der Waals surface area (Å²) in [4.78, 5) is 36.8. The summed E-state index contributed by atoms with van der Waals surface area (Å²) in [6.07, 6.45) is -1.40. The molecule has 128 valence electrons. The number of carbonyl (C=O) groups is 3. The summed E-state index contributed by atoms with van der Waals surface area (Å²) in [5.41, 5.74) is 0.135. The van der Waals surface area contributed by atoms with Crippen LogP contribution in [0.2, 0.25) is 0 Å². The average molecular weight is 346 g/mol. The van der Waals surface area contributed by atoms with E-state index in [2.05, 4.69) is 0 Å². The second-order valence-electron chi connectivity index (χ2n) is 5.39. The highest BCUT2D eigenvalue weighted by molar-refractivity contribution is 6.21. The molecule has 1 aliphatic rings. The highest BCUT2D eigenvalue weighted by Crippen LogP contribution is 2.32. The molecule has 8 heteroatoms. The van der Waals surface area contributed by atoms with E-state index in [1.165, 1.54) is 12.1 Å². The largest absolute Gasteiger partial charge is 0.465 e. The van der Waals surface area contributed by atoms with Crippen molar-refractivity contribution in [2.45, 2.75) is 6.04 Å². The van der Waals surface area contributed by atoms with Crippen LogP contribution >= 0.6 is 0 Å². The second-order valence-corrected chi connectivity index (χ2v) is 5.39. The lowest BCUT2D eigenvalue weighted by molar-refractivity contribution is 0.0576. The molecule has 2 aromatic rings. The van der Waals surface area contributed by atoms with Gasteiger partial charge in [0, 0.05) is 18.2 Å². The Labute approximate surface area is 140 Å². The maximum Gasteiger partial charge on any atom is 0.404 e. The molecule has 25 heavy (non-hydrogen) atoms. The summed E-state index contributed by atoms with van der Waals surface area (Å²) in [5.74, 6) is -3.13. The van der Waals surface area contributed by atoms with Crippen LogP contribution in [0.3, 0.4) is 0 Å². The summed E-state index contributed by atoms with van der Waals surface area (Å²) in [5, 5.41) is 10.9. The Morgan fingerprint density at radius 3 is 2.20 bits per heavy atom. The first kappa shape index (κ1) is 16.6. The van der Waals surface area contributed by atoms with E-state index in [-0.39, 0.29) is 16.7 Å². The predicted molar refractivity (Wildman–Crippen MR) is 82.1 cm³/mol. The van der Waals surface area contributed by atoms with E-state index in [0.29, 0.717) is 6.07 Å². The van der Waals surface area contributed by atoms with E-state index in [4.69, 9.17) is 5.11 Å². The van der Waals surface area contributed by atoms with E-state index in [1.54, 1.807) is 12.1 Å². The van der Waals surface area contributed by atoms with Gasteiger partial charge in [0.15, 0.2) is 0 Å². The molecule has 2 aromatic carbocycles. The van der Waals surface area contributed by atoms with Gasteiger partial charge in [-0.15, -0.1) is 0 Å². The fraction of sp³-hybridized carbons (Fsp3) is 0.118. The molecule has 1 aliphatic heterocycles. The fourth-order valence-corrected chi connectivity index (χ4v) is 2.79. The Hall–Kier alpha value is -3.29. The van der Waals surface area contributed by atoms with E-state index >= 15 is 0 Å². The van der Waals surface area contributed by atoms with Gasteiger partial charge < -0.3 is 10.4 Å². The van der Waals surface area contributed by atoms with Crippen LogP contribution in [0, 0.1) is 11.6 Å². The van der Waals surface area contributed by atoms with Crippen molar-refractivity contribution in [3.8, 4) is 0 Å². The molecule has 3 rings (SSSR count). The topological polar surface area (TPSA) is 86.7 Å². The van der Waals surface area contributed by atoms with Crippen molar-refractivity contribution in [3.63, 3.8) is 0 Å². The number of carboxylic acid groups (broad SMARTS) is 1. The Morgan fingerprint density at radius 2 is 1.68 bits per heavy atom. The van der Waals surface area contributed by atoms with Gasteiger partial charge in [0.1, 0.15) is 11.6 Å². The first-order valence-electron chi connectivity index (χ1n) is 7.29. The molecule has 0 bridgehead atoms. The van der Waals surface area contributed by atoms with E-state index in [9.17, 15) is 23.2 Å². The van der Waals surface area contributed by atoms with Crippen LogP contribution in [0.5, 0.6) is 0 Å². The maximum absolute atomic E-state index is 14.2. The molecule has 0 saturated heterocycles. The van der Waals surface area contributed by atoms with Crippen LogP contribution in [0.25, 0.3) is 0 Å². The summed E-state index contributed by atoms with van der Waals surface area (Å²) in [6, 6.07) is 7.50. The highest BCUT2D eigenvalue weighted by Gasteiger charge is 2.41. The van der Waals surface area contributed by atoms with Crippen LogP contribution in [0.1, 0.15) is 32.3 Å². The predicted octanol–water partition coefficient (Wildman–Crippen LogP) is 2.57. The lowest BCUT2D eigenvalue weighted by Crippen LogP contribution is -2.41. The Balaban J connectivity index is 2.05. The number of rotatable bonds is 4. The number of benzene rings is 2. The number of amides is 3. The van der Waals surface area contributed by atoms with E-state index < -0.39 is 42.1 Å². The molecule has 0 saturated carbocycles. The molecule has 2 N–H and O–H groups in total. The van der Waals surface area contributed by atoms with Crippen molar-refractivity contribution in [2.75, 3.05) is 6.54 Å². The van der Waals surface area contributed by atoms with Crippen molar-refractivity contribution in [3.05, 3.63) is 70.8 Å². The van der Waals surface area contributed by atoms with Gasteiger partial charge in [0.05, 0.1) is 17.2 Å².